The number of nitrogens with one attached hydrogen (secondary N) is 2. The number of anilines is 1. The lowest BCUT2D eigenvalue weighted by molar-refractivity contribution is 0.585. The van der Waals surface area contributed by atoms with Gasteiger partial charge >= 0.3 is 0 Å². The molecule has 1 fully saturated rings. The minimum Gasteiger partial charge on any atom is -0.369 e. The minimum atomic E-state index is -0.708. The average molecular weight is 374 g/mol. The summed E-state index contributed by atoms with van der Waals surface area (Å²) in [6.07, 6.45) is 1.36. The normalized spacial score (nSPS) is 15.5. The fourth-order valence-electron chi connectivity index (χ4n) is 2.73. The maximum absolute atomic E-state index is 13.6. The van der Waals surface area contributed by atoms with Crippen molar-refractivity contribution in [3.63, 3.8) is 0 Å². The predicted molar refractivity (Wildman–Crippen MR) is 106 cm³/mol. The van der Waals surface area contributed by atoms with Crippen LogP contribution >= 0.6 is 12.6 Å². The van der Waals surface area contributed by atoms with Crippen LogP contribution in [0.2, 0.25) is 0 Å². The number of benzene rings is 2. The van der Waals surface area contributed by atoms with E-state index in [1.807, 2.05) is 12.1 Å². The predicted octanol–water partition coefficient (Wildman–Crippen LogP) is 3.55. The molecule has 0 atom stereocenters. The molecule has 26 heavy (non-hydrogen) atoms. The summed E-state index contributed by atoms with van der Waals surface area (Å²) in [4.78, 5) is 6.31. The molecule has 1 saturated heterocycles. The molecule has 0 bridgehead atoms. The first-order valence-electron chi connectivity index (χ1n) is 8.32. The third kappa shape index (κ3) is 4.62. The molecule has 3 rings (SSSR count). The van der Waals surface area contributed by atoms with Crippen LogP contribution in [0.15, 0.2) is 52.9 Å². The van der Waals surface area contributed by atoms with Gasteiger partial charge in [-0.2, -0.15) is 0 Å². The number of aliphatic imine (C=N–C) groups is 1. The zero-order valence-electron chi connectivity index (χ0n) is 14.1. The number of thiol groups is 1. The summed E-state index contributed by atoms with van der Waals surface area (Å²) in [5, 5.41) is 7.94. The van der Waals surface area contributed by atoms with E-state index in [2.05, 4.69) is 45.3 Å². The highest BCUT2D eigenvalue weighted by atomic mass is 32.1. The van der Waals surface area contributed by atoms with E-state index in [4.69, 9.17) is 0 Å². The highest BCUT2D eigenvalue weighted by Gasteiger charge is 2.10. The van der Waals surface area contributed by atoms with Gasteiger partial charge in [0.05, 0.1) is 12.0 Å². The number of rotatable bonds is 5. The highest BCUT2D eigenvalue weighted by molar-refractivity contribution is 7.83. The molecule has 0 amide bonds. The molecule has 2 aromatic rings. The number of hydrogen-bond donors (Lipinski definition) is 3. The summed E-state index contributed by atoms with van der Waals surface area (Å²) >= 11 is 4.22. The first-order chi connectivity index (χ1) is 12.7. The van der Waals surface area contributed by atoms with E-state index >= 15 is 0 Å². The minimum absolute atomic E-state index is 0.0615. The molecular formula is C19H20F2N4S. The van der Waals surface area contributed by atoms with E-state index in [0.29, 0.717) is 0 Å². The van der Waals surface area contributed by atoms with Gasteiger partial charge in [-0.25, -0.2) is 13.8 Å². The maximum atomic E-state index is 13.6. The molecule has 1 heterocycles. The van der Waals surface area contributed by atoms with E-state index < -0.39 is 11.6 Å². The molecule has 2 N–H and O–H groups in total. The van der Waals surface area contributed by atoms with E-state index in [1.54, 1.807) is 5.41 Å². The summed E-state index contributed by atoms with van der Waals surface area (Å²) in [5.74, 6) is -1.34. The van der Waals surface area contributed by atoms with Gasteiger partial charge in [0.25, 0.3) is 0 Å². The zero-order valence-corrected chi connectivity index (χ0v) is 15.0. The first-order valence-corrected chi connectivity index (χ1v) is 8.83. The van der Waals surface area contributed by atoms with E-state index in [9.17, 15) is 8.78 Å². The Labute approximate surface area is 157 Å². The van der Waals surface area contributed by atoms with Crippen LogP contribution < -0.4 is 15.5 Å². The lowest BCUT2D eigenvalue weighted by Crippen LogP contribution is -2.43. The number of hydrogen-bond acceptors (Lipinski definition) is 4. The van der Waals surface area contributed by atoms with Crippen LogP contribution in [0, 0.1) is 11.6 Å². The Hall–Kier alpha value is -2.38. The van der Waals surface area contributed by atoms with Crippen molar-refractivity contribution in [2.75, 3.05) is 31.1 Å². The molecule has 4 nitrogen and oxygen atoms in total. The summed E-state index contributed by atoms with van der Waals surface area (Å²) in [6.45, 7) is 3.95. The Kier molecular flexibility index (Phi) is 6.25. The van der Waals surface area contributed by atoms with Crippen LogP contribution in [0.1, 0.15) is 5.56 Å². The lowest BCUT2D eigenvalue weighted by Gasteiger charge is -2.29. The molecular weight excluding hydrogens is 354 g/mol. The van der Waals surface area contributed by atoms with Crippen molar-refractivity contribution in [2.45, 2.75) is 0 Å². The number of piperazine rings is 1. The summed E-state index contributed by atoms with van der Waals surface area (Å²) < 4.78 is 26.5. The molecule has 7 heteroatoms. The summed E-state index contributed by atoms with van der Waals surface area (Å²) in [6, 6.07) is 11.4. The largest absolute Gasteiger partial charge is 0.369 e. The van der Waals surface area contributed by atoms with Crippen LogP contribution in [0.25, 0.3) is 5.70 Å². The van der Waals surface area contributed by atoms with Crippen LogP contribution in [-0.2, 0) is 0 Å². The molecule has 0 spiro atoms. The van der Waals surface area contributed by atoms with Crippen LogP contribution in [0.4, 0.5) is 20.2 Å². The van der Waals surface area contributed by atoms with Gasteiger partial charge in [-0.1, -0.05) is 12.1 Å². The van der Waals surface area contributed by atoms with Crippen molar-refractivity contribution >= 4 is 36.0 Å². The Morgan fingerprint density at radius 2 is 1.85 bits per heavy atom. The van der Waals surface area contributed by atoms with Crippen molar-refractivity contribution in [3.05, 3.63) is 65.1 Å². The third-order valence-corrected chi connectivity index (χ3v) is 4.38. The molecule has 0 aliphatic carbocycles. The second kappa shape index (κ2) is 8.82. The van der Waals surface area contributed by atoms with E-state index in [1.165, 1.54) is 24.2 Å². The van der Waals surface area contributed by atoms with Crippen LogP contribution in [-0.4, -0.2) is 32.5 Å². The van der Waals surface area contributed by atoms with E-state index in [0.717, 1.165) is 43.5 Å². The van der Waals surface area contributed by atoms with Crippen LogP contribution in [0.5, 0.6) is 0 Å². The topological polar surface area (TPSA) is 39.7 Å². The SMILES string of the molecule is Fc1ccc(N=CN/C(=C\S)c2ccc(N3CCNCC3)cc2)c(F)c1. The van der Waals surface area contributed by atoms with Gasteiger partial charge in [0.2, 0.25) is 0 Å². The van der Waals surface area contributed by atoms with Gasteiger partial charge in [-0.3, -0.25) is 0 Å². The summed E-state index contributed by atoms with van der Waals surface area (Å²) in [5.41, 5.74) is 2.90. The molecule has 2 aromatic carbocycles. The molecule has 0 saturated carbocycles. The fourth-order valence-corrected chi connectivity index (χ4v) is 2.95. The monoisotopic (exact) mass is 374 g/mol. The third-order valence-electron chi connectivity index (χ3n) is 4.12. The zero-order chi connectivity index (χ0) is 18.4. The molecule has 1 aliphatic heterocycles. The van der Waals surface area contributed by atoms with Gasteiger partial charge < -0.3 is 15.5 Å². The van der Waals surface area contributed by atoms with Gasteiger partial charge in [0.15, 0.2) is 5.82 Å². The van der Waals surface area contributed by atoms with Crippen molar-refractivity contribution < 1.29 is 8.78 Å². The summed E-state index contributed by atoms with van der Waals surface area (Å²) in [7, 11) is 0. The lowest BCUT2D eigenvalue weighted by atomic mass is 10.1. The average Bonchev–Trinajstić information content (AvgIpc) is 2.68. The second-order valence-electron chi connectivity index (χ2n) is 5.82. The molecule has 1 aliphatic rings. The van der Waals surface area contributed by atoms with Crippen molar-refractivity contribution in [3.8, 4) is 0 Å². The van der Waals surface area contributed by atoms with Crippen molar-refractivity contribution in [1.29, 1.82) is 0 Å². The van der Waals surface area contributed by atoms with Crippen LogP contribution in [0.3, 0.4) is 0 Å². The Balaban J connectivity index is 1.66. The van der Waals surface area contributed by atoms with E-state index in [-0.39, 0.29) is 5.69 Å². The Morgan fingerprint density at radius 1 is 1.12 bits per heavy atom. The standard InChI is InChI=1S/C19H20F2N4S/c20-15-3-6-18(17(21)11-15)23-13-24-19(12-26)14-1-4-16(5-2-14)25-9-7-22-8-10-25/h1-6,11-13,22,26H,7-10H2,(H,23,24)/b19-12-. The smallest absolute Gasteiger partial charge is 0.151 e. The first kappa shape index (κ1) is 18.4. The number of halogens is 2. The van der Waals surface area contributed by atoms with Gasteiger partial charge in [-0.15, -0.1) is 12.6 Å². The fraction of sp³-hybridized carbons (Fsp3) is 0.211. The molecule has 0 unspecified atom stereocenters. The molecule has 0 aromatic heterocycles. The quantitative estimate of drug-likeness (QED) is 0.426. The van der Waals surface area contributed by atoms with Gasteiger partial charge in [0.1, 0.15) is 11.5 Å². The number of nitrogens with zero attached hydrogens (tertiary/aromatic N) is 2. The maximum Gasteiger partial charge on any atom is 0.151 e. The highest BCUT2D eigenvalue weighted by Crippen LogP contribution is 2.20. The second-order valence-corrected chi connectivity index (χ2v) is 6.08. The molecule has 136 valence electrons. The van der Waals surface area contributed by atoms with Crippen molar-refractivity contribution in [2.24, 2.45) is 4.99 Å². The Bertz CT molecular complexity index is 800. The van der Waals surface area contributed by atoms with Gasteiger partial charge in [0, 0.05) is 37.9 Å². The molecule has 0 radical (unpaired) electrons. The van der Waals surface area contributed by atoms with Crippen molar-refractivity contribution in [1.82, 2.24) is 10.6 Å². The van der Waals surface area contributed by atoms with Gasteiger partial charge in [-0.05, 0) is 35.2 Å². The Morgan fingerprint density at radius 3 is 2.50 bits per heavy atom.